The number of hydrogen-bond donors (Lipinski definition) is 0. The number of rotatable bonds is 8. The maximum atomic E-state index is 11.6. The minimum absolute atomic E-state index is 0.323. The van der Waals surface area contributed by atoms with Gasteiger partial charge < -0.3 is 14.2 Å². The summed E-state index contributed by atoms with van der Waals surface area (Å²) in [6.07, 6.45) is 2.44. The molecule has 5 nitrogen and oxygen atoms in total. The SMILES string of the molecule is COc1ccc(COc2cccc(OCc3ccnc(Br)c3)c2C=O)cc1. The van der Waals surface area contributed by atoms with E-state index >= 15 is 0 Å². The van der Waals surface area contributed by atoms with Crippen molar-refractivity contribution in [3.05, 3.63) is 82.1 Å². The molecule has 0 bridgehead atoms. The molecule has 6 heteroatoms. The fourth-order valence-corrected chi connectivity index (χ4v) is 2.88. The van der Waals surface area contributed by atoms with Crippen LogP contribution in [0.25, 0.3) is 0 Å². The Labute approximate surface area is 166 Å². The Morgan fingerprint density at radius 3 is 2.22 bits per heavy atom. The first-order chi connectivity index (χ1) is 13.2. The van der Waals surface area contributed by atoms with E-state index in [1.165, 1.54) is 0 Å². The van der Waals surface area contributed by atoms with Crippen molar-refractivity contribution in [2.75, 3.05) is 7.11 Å². The van der Waals surface area contributed by atoms with E-state index in [1.807, 2.05) is 36.4 Å². The number of hydrogen-bond acceptors (Lipinski definition) is 5. The molecule has 0 aliphatic heterocycles. The van der Waals surface area contributed by atoms with Crippen molar-refractivity contribution < 1.29 is 19.0 Å². The lowest BCUT2D eigenvalue weighted by Crippen LogP contribution is -2.02. The Balaban J connectivity index is 1.70. The smallest absolute Gasteiger partial charge is 0.157 e. The van der Waals surface area contributed by atoms with Crippen LogP contribution in [0.3, 0.4) is 0 Å². The molecule has 0 spiro atoms. The number of nitrogens with zero attached hydrogens (tertiary/aromatic N) is 1. The molecule has 0 unspecified atom stereocenters. The molecule has 0 N–H and O–H groups in total. The summed E-state index contributed by atoms with van der Waals surface area (Å²) in [7, 11) is 1.62. The van der Waals surface area contributed by atoms with Crippen LogP contribution >= 0.6 is 15.9 Å². The molecule has 0 saturated heterocycles. The average Bonchev–Trinajstić information content (AvgIpc) is 2.71. The molecular weight excluding hydrogens is 410 g/mol. The predicted molar refractivity (Wildman–Crippen MR) is 105 cm³/mol. The van der Waals surface area contributed by atoms with Gasteiger partial charge in [-0.05, 0) is 63.5 Å². The second-order valence-electron chi connectivity index (χ2n) is 5.70. The van der Waals surface area contributed by atoms with Crippen molar-refractivity contribution in [3.8, 4) is 17.2 Å². The second-order valence-corrected chi connectivity index (χ2v) is 6.51. The van der Waals surface area contributed by atoms with Crippen LogP contribution in [0, 0.1) is 0 Å². The quantitative estimate of drug-likeness (QED) is 0.380. The van der Waals surface area contributed by atoms with Gasteiger partial charge in [-0.25, -0.2) is 4.98 Å². The molecule has 0 atom stereocenters. The fraction of sp³-hybridized carbons (Fsp3) is 0.143. The first kappa shape index (κ1) is 18.9. The second kappa shape index (κ2) is 9.19. The summed E-state index contributed by atoms with van der Waals surface area (Å²) in [4.78, 5) is 15.7. The van der Waals surface area contributed by atoms with E-state index in [4.69, 9.17) is 14.2 Å². The van der Waals surface area contributed by atoms with E-state index in [1.54, 1.807) is 31.5 Å². The molecule has 1 aromatic heterocycles. The maximum Gasteiger partial charge on any atom is 0.157 e. The van der Waals surface area contributed by atoms with Gasteiger partial charge in [-0.3, -0.25) is 4.79 Å². The number of pyridine rings is 1. The van der Waals surface area contributed by atoms with E-state index in [9.17, 15) is 4.79 Å². The highest BCUT2D eigenvalue weighted by atomic mass is 79.9. The summed E-state index contributed by atoms with van der Waals surface area (Å²) in [6.45, 7) is 0.662. The van der Waals surface area contributed by atoms with Gasteiger partial charge in [0.2, 0.25) is 0 Å². The summed E-state index contributed by atoms with van der Waals surface area (Å²) >= 11 is 3.33. The largest absolute Gasteiger partial charge is 0.497 e. The van der Waals surface area contributed by atoms with Gasteiger partial charge in [0.1, 0.15) is 35.1 Å². The van der Waals surface area contributed by atoms with E-state index < -0.39 is 0 Å². The molecule has 1 heterocycles. The Morgan fingerprint density at radius 1 is 0.963 bits per heavy atom. The Morgan fingerprint density at radius 2 is 1.63 bits per heavy atom. The maximum absolute atomic E-state index is 11.6. The molecule has 0 aliphatic rings. The summed E-state index contributed by atoms with van der Waals surface area (Å²) in [5.74, 6) is 1.74. The third-order valence-corrected chi connectivity index (χ3v) is 4.32. The van der Waals surface area contributed by atoms with Crippen molar-refractivity contribution in [1.82, 2.24) is 4.98 Å². The summed E-state index contributed by atoms with van der Waals surface area (Å²) < 4.78 is 17.5. The average molecular weight is 428 g/mol. The zero-order valence-corrected chi connectivity index (χ0v) is 16.3. The van der Waals surface area contributed by atoms with Crippen molar-refractivity contribution in [2.24, 2.45) is 0 Å². The van der Waals surface area contributed by atoms with Crippen molar-refractivity contribution in [1.29, 1.82) is 0 Å². The van der Waals surface area contributed by atoms with Gasteiger partial charge in [-0.15, -0.1) is 0 Å². The molecule has 0 aliphatic carbocycles. The van der Waals surface area contributed by atoms with Crippen LogP contribution in [-0.4, -0.2) is 18.4 Å². The van der Waals surface area contributed by atoms with Gasteiger partial charge in [-0.2, -0.15) is 0 Å². The molecule has 2 aromatic carbocycles. The van der Waals surface area contributed by atoms with Crippen molar-refractivity contribution in [2.45, 2.75) is 13.2 Å². The van der Waals surface area contributed by atoms with E-state index in [2.05, 4.69) is 20.9 Å². The predicted octanol–water partition coefficient (Wildman–Crippen LogP) is 4.82. The third kappa shape index (κ3) is 5.08. The van der Waals surface area contributed by atoms with Gasteiger partial charge in [0.05, 0.1) is 12.7 Å². The molecule has 3 rings (SSSR count). The number of ether oxygens (including phenoxy) is 3. The molecule has 0 saturated carbocycles. The van der Waals surface area contributed by atoms with Crippen molar-refractivity contribution >= 4 is 22.2 Å². The number of methoxy groups -OCH3 is 1. The highest BCUT2D eigenvalue weighted by Crippen LogP contribution is 2.28. The third-order valence-electron chi connectivity index (χ3n) is 3.88. The van der Waals surface area contributed by atoms with Crippen molar-refractivity contribution in [3.63, 3.8) is 0 Å². The van der Waals surface area contributed by atoms with E-state index in [0.29, 0.717) is 30.3 Å². The number of aromatic nitrogens is 1. The standard InChI is InChI=1S/C21H18BrNO4/c1-25-17-7-5-15(6-8-17)13-26-19-3-2-4-20(18(19)12-24)27-14-16-9-10-23-21(22)11-16/h2-12H,13-14H2,1H3. The van der Waals surface area contributed by atoms with Gasteiger partial charge >= 0.3 is 0 Å². The van der Waals surface area contributed by atoms with Gasteiger partial charge in [-0.1, -0.05) is 18.2 Å². The number of benzene rings is 2. The Bertz CT molecular complexity index is 912. The first-order valence-electron chi connectivity index (χ1n) is 8.26. The molecule has 0 amide bonds. The molecule has 27 heavy (non-hydrogen) atoms. The van der Waals surface area contributed by atoms with Crippen LogP contribution in [0.5, 0.6) is 17.2 Å². The van der Waals surface area contributed by atoms with Crippen LogP contribution < -0.4 is 14.2 Å². The monoisotopic (exact) mass is 427 g/mol. The summed E-state index contributed by atoms with van der Waals surface area (Å²) in [5, 5.41) is 0. The van der Waals surface area contributed by atoms with Crippen LogP contribution in [0.15, 0.2) is 65.4 Å². The fourth-order valence-electron chi connectivity index (χ4n) is 2.47. The summed E-state index contributed by atoms with van der Waals surface area (Å²) in [6, 6.07) is 16.6. The lowest BCUT2D eigenvalue weighted by atomic mass is 10.2. The number of carbonyl (C=O) groups excluding carboxylic acids is 1. The lowest BCUT2D eigenvalue weighted by Gasteiger charge is -2.13. The molecule has 3 aromatic rings. The van der Waals surface area contributed by atoms with Crippen LogP contribution in [0.1, 0.15) is 21.5 Å². The van der Waals surface area contributed by atoms with Gasteiger partial charge in [0, 0.05) is 6.20 Å². The lowest BCUT2D eigenvalue weighted by molar-refractivity contribution is 0.111. The van der Waals surface area contributed by atoms with Crippen LogP contribution in [0.2, 0.25) is 0 Å². The minimum atomic E-state index is 0.323. The van der Waals surface area contributed by atoms with E-state index in [-0.39, 0.29) is 0 Å². The van der Waals surface area contributed by atoms with Gasteiger partial charge in [0.15, 0.2) is 6.29 Å². The Hall–Kier alpha value is -2.86. The van der Waals surface area contributed by atoms with Crippen LogP contribution in [0.4, 0.5) is 0 Å². The number of halogens is 1. The minimum Gasteiger partial charge on any atom is -0.497 e. The Kier molecular flexibility index (Phi) is 6.44. The molecule has 0 radical (unpaired) electrons. The van der Waals surface area contributed by atoms with Gasteiger partial charge in [0.25, 0.3) is 0 Å². The normalized spacial score (nSPS) is 10.3. The highest BCUT2D eigenvalue weighted by molar-refractivity contribution is 9.10. The molecule has 0 fully saturated rings. The zero-order valence-electron chi connectivity index (χ0n) is 14.7. The zero-order chi connectivity index (χ0) is 19.1. The van der Waals surface area contributed by atoms with Crippen LogP contribution in [-0.2, 0) is 13.2 Å². The topological polar surface area (TPSA) is 57.6 Å². The number of aldehydes is 1. The molecule has 138 valence electrons. The first-order valence-corrected chi connectivity index (χ1v) is 9.06. The number of carbonyl (C=O) groups is 1. The highest BCUT2D eigenvalue weighted by Gasteiger charge is 2.11. The molecular formula is C21H18BrNO4. The summed E-state index contributed by atoms with van der Waals surface area (Å²) in [5.41, 5.74) is 2.30. The van der Waals surface area contributed by atoms with E-state index in [0.717, 1.165) is 27.8 Å².